The maximum atomic E-state index is 11.1. The molecule has 0 aliphatic carbocycles. The van der Waals surface area contributed by atoms with Gasteiger partial charge in [0, 0.05) is 19.2 Å². The highest BCUT2D eigenvalue weighted by molar-refractivity contribution is 5.94. The molecule has 5 heteroatoms. The van der Waals surface area contributed by atoms with Crippen molar-refractivity contribution in [1.29, 1.82) is 0 Å². The maximum absolute atomic E-state index is 11.1. The van der Waals surface area contributed by atoms with Gasteiger partial charge in [0.15, 0.2) is 5.78 Å². The molecule has 0 radical (unpaired) electrons. The van der Waals surface area contributed by atoms with E-state index in [1.54, 1.807) is 31.2 Å². The van der Waals surface area contributed by atoms with Gasteiger partial charge in [0.2, 0.25) is 0 Å². The number of ketones is 1. The third-order valence-corrected chi connectivity index (χ3v) is 2.67. The van der Waals surface area contributed by atoms with Crippen LogP contribution in [0.15, 0.2) is 34.6 Å². The van der Waals surface area contributed by atoms with Crippen LogP contribution in [-0.4, -0.2) is 49.9 Å². The SMILES string of the molecule is CC(=O)c1ccc(N=NN(C)CCCN(C)C)cc1. The second-order valence-electron chi connectivity index (χ2n) is 4.83. The molecular weight excluding hydrogens is 240 g/mol. The van der Waals surface area contributed by atoms with E-state index in [1.807, 2.05) is 12.1 Å². The molecule has 1 aromatic carbocycles. The first-order chi connectivity index (χ1) is 8.99. The normalized spacial score (nSPS) is 11.2. The summed E-state index contributed by atoms with van der Waals surface area (Å²) in [5, 5.41) is 10.1. The van der Waals surface area contributed by atoms with Gasteiger partial charge in [-0.2, -0.15) is 0 Å². The Bertz CT molecular complexity index is 426. The summed E-state index contributed by atoms with van der Waals surface area (Å²) in [6.45, 7) is 3.45. The number of Topliss-reactive ketones (excluding diaryl/α,β-unsaturated/α-hetero) is 1. The van der Waals surface area contributed by atoms with Gasteiger partial charge in [-0.1, -0.05) is 5.22 Å². The van der Waals surface area contributed by atoms with Crippen LogP contribution in [0.3, 0.4) is 0 Å². The Morgan fingerprint density at radius 3 is 2.26 bits per heavy atom. The van der Waals surface area contributed by atoms with Crippen molar-refractivity contribution < 1.29 is 4.79 Å². The van der Waals surface area contributed by atoms with Crippen LogP contribution in [0, 0.1) is 0 Å². The van der Waals surface area contributed by atoms with Gasteiger partial charge in [0.25, 0.3) is 0 Å². The molecule has 19 heavy (non-hydrogen) atoms. The summed E-state index contributed by atoms with van der Waals surface area (Å²) in [6, 6.07) is 7.13. The number of hydrogen-bond acceptors (Lipinski definition) is 4. The number of rotatable bonds is 7. The molecule has 0 saturated heterocycles. The molecule has 104 valence electrons. The van der Waals surface area contributed by atoms with Crippen molar-refractivity contribution in [2.75, 3.05) is 34.2 Å². The highest BCUT2D eigenvalue weighted by atomic mass is 16.1. The van der Waals surface area contributed by atoms with Crippen LogP contribution in [0.2, 0.25) is 0 Å². The van der Waals surface area contributed by atoms with Crippen molar-refractivity contribution in [3.05, 3.63) is 29.8 Å². The van der Waals surface area contributed by atoms with E-state index >= 15 is 0 Å². The lowest BCUT2D eigenvalue weighted by Crippen LogP contribution is -2.19. The van der Waals surface area contributed by atoms with Crippen molar-refractivity contribution >= 4 is 11.5 Å². The fourth-order valence-corrected chi connectivity index (χ4v) is 1.55. The quantitative estimate of drug-likeness (QED) is 0.431. The Kier molecular flexibility index (Phi) is 6.15. The lowest BCUT2D eigenvalue weighted by Gasteiger charge is -2.13. The van der Waals surface area contributed by atoms with E-state index in [4.69, 9.17) is 0 Å². The number of benzene rings is 1. The van der Waals surface area contributed by atoms with Crippen LogP contribution in [0.4, 0.5) is 5.69 Å². The minimum atomic E-state index is 0.0595. The van der Waals surface area contributed by atoms with Gasteiger partial charge >= 0.3 is 0 Å². The molecule has 0 N–H and O–H groups in total. The highest BCUT2D eigenvalue weighted by Gasteiger charge is 1.99. The fourth-order valence-electron chi connectivity index (χ4n) is 1.55. The van der Waals surface area contributed by atoms with Crippen molar-refractivity contribution in [3.8, 4) is 0 Å². The molecule has 0 fully saturated rings. The average molecular weight is 262 g/mol. The summed E-state index contributed by atoms with van der Waals surface area (Å²) >= 11 is 0. The molecule has 0 aliphatic heterocycles. The third kappa shape index (κ3) is 6.10. The van der Waals surface area contributed by atoms with Crippen LogP contribution in [0.5, 0.6) is 0 Å². The molecule has 0 aromatic heterocycles. The molecule has 0 atom stereocenters. The summed E-state index contributed by atoms with van der Waals surface area (Å²) in [6.07, 6.45) is 1.05. The van der Waals surface area contributed by atoms with E-state index in [0.717, 1.165) is 25.2 Å². The van der Waals surface area contributed by atoms with E-state index in [2.05, 4.69) is 29.3 Å². The highest BCUT2D eigenvalue weighted by Crippen LogP contribution is 2.14. The van der Waals surface area contributed by atoms with Crippen LogP contribution in [0.25, 0.3) is 0 Å². The predicted octanol–water partition coefficient (Wildman–Crippen LogP) is 2.77. The van der Waals surface area contributed by atoms with Crippen molar-refractivity contribution in [1.82, 2.24) is 9.91 Å². The Balaban J connectivity index is 2.44. The summed E-state index contributed by atoms with van der Waals surface area (Å²) in [5.74, 6) is 0.0595. The standard InChI is InChI=1S/C14H22N4O/c1-12(19)13-6-8-14(9-7-13)15-16-18(4)11-5-10-17(2)3/h6-9H,5,10-11H2,1-4H3. The molecule has 1 rings (SSSR count). The molecule has 1 aromatic rings. The molecule has 0 spiro atoms. The number of carbonyl (C=O) groups is 1. The summed E-state index contributed by atoms with van der Waals surface area (Å²) < 4.78 is 0. The van der Waals surface area contributed by atoms with E-state index in [1.165, 1.54) is 0 Å². The lowest BCUT2D eigenvalue weighted by atomic mass is 10.1. The molecular formula is C14H22N4O. The number of nitrogens with zero attached hydrogens (tertiary/aromatic N) is 4. The average Bonchev–Trinajstić information content (AvgIpc) is 2.36. The molecule has 0 amide bonds. The Labute approximate surface area is 114 Å². The zero-order chi connectivity index (χ0) is 14.3. The minimum Gasteiger partial charge on any atom is -0.309 e. The van der Waals surface area contributed by atoms with Gasteiger partial charge in [-0.05, 0) is 58.3 Å². The summed E-state index contributed by atoms with van der Waals surface area (Å²) in [7, 11) is 6.01. The number of hydrogen-bond donors (Lipinski definition) is 0. The monoisotopic (exact) mass is 262 g/mol. The fraction of sp³-hybridized carbons (Fsp3) is 0.500. The van der Waals surface area contributed by atoms with E-state index < -0.39 is 0 Å². The Morgan fingerprint density at radius 2 is 1.74 bits per heavy atom. The largest absolute Gasteiger partial charge is 0.309 e. The van der Waals surface area contributed by atoms with Gasteiger partial charge in [0.05, 0.1) is 5.69 Å². The van der Waals surface area contributed by atoms with Gasteiger partial charge in [-0.3, -0.25) is 9.80 Å². The second-order valence-corrected chi connectivity index (χ2v) is 4.83. The van der Waals surface area contributed by atoms with Crippen molar-refractivity contribution in [2.24, 2.45) is 10.3 Å². The first kappa shape index (κ1) is 15.3. The first-order valence-electron chi connectivity index (χ1n) is 6.37. The minimum absolute atomic E-state index is 0.0595. The zero-order valence-corrected chi connectivity index (χ0v) is 12.1. The smallest absolute Gasteiger partial charge is 0.159 e. The van der Waals surface area contributed by atoms with E-state index in [0.29, 0.717) is 5.56 Å². The zero-order valence-electron chi connectivity index (χ0n) is 12.1. The summed E-state index contributed by atoms with van der Waals surface area (Å²) in [4.78, 5) is 13.3. The third-order valence-electron chi connectivity index (χ3n) is 2.67. The Hall–Kier alpha value is -1.75. The van der Waals surface area contributed by atoms with Crippen molar-refractivity contribution in [2.45, 2.75) is 13.3 Å². The molecule has 0 bridgehead atoms. The number of carbonyl (C=O) groups excluding carboxylic acids is 1. The molecule has 0 saturated carbocycles. The van der Waals surface area contributed by atoms with Crippen molar-refractivity contribution in [3.63, 3.8) is 0 Å². The summed E-state index contributed by atoms with van der Waals surface area (Å²) in [5.41, 5.74) is 1.45. The predicted molar refractivity (Wildman–Crippen MR) is 76.8 cm³/mol. The molecule has 0 heterocycles. The van der Waals surface area contributed by atoms with Crippen LogP contribution in [-0.2, 0) is 0 Å². The second kappa shape index (κ2) is 7.63. The lowest BCUT2D eigenvalue weighted by molar-refractivity contribution is 0.101. The molecule has 5 nitrogen and oxygen atoms in total. The van der Waals surface area contributed by atoms with Gasteiger partial charge in [-0.25, -0.2) is 0 Å². The van der Waals surface area contributed by atoms with Gasteiger partial charge in [0.1, 0.15) is 0 Å². The van der Waals surface area contributed by atoms with Gasteiger partial charge < -0.3 is 4.90 Å². The maximum Gasteiger partial charge on any atom is 0.159 e. The van der Waals surface area contributed by atoms with Crippen LogP contribution >= 0.6 is 0 Å². The van der Waals surface area contributed by atoms with Crippen LogP contribution < -0.4 is 0 Å². The van der Waals surface area contributed by atoms with E-state index in [9.17, 15) is 4.79 Å². The Morgan fingerprint density at radius 1 is 1.11 bits per heavy atom. The van der Waals surface area contributed by atoms with E-state index in [-0.39, 0.29) is 5.78 Å². The van der Waals surface area contributed by atoms with Gasteiger partial charge in [-0.15, -0.1) is 5.11 Å². The topological polar surface area (TPSA) is 48.3 Å². The molecule has 0 aliphatic rings. The van der Waals surface area contributed by atoms with Crippen LogP contribution in [0.1, 0.15) is 23.7 Å². The molecule has 0 unspecified atom stereocenters. The first-order valence-corrected chi connectivity index (χ1v) is 6.37.